The van der Waals surface area contributed by atoms with Gasteiger partial charge in [-0.25, -0.2) is 4.98 Å². The molecular formula is C17H28N4O2. The third-order valence-corrected chi connectivity index (χ3v) is 5.23. The van der Waals surface area contributed by atoms with Crippen LogP contribution in [0.25, 0.3) is 0 Å². The van der Waals surface area contributed by atoms with E-state index in [-0.39, 0.29) is 17.6 Å². The molecule has 6 nitrogen and oxygen atoms in total. The van der Waals surface area contributed by atoms with Gasteiger partial charge in [0.15, 0.2) is 0 Å². The SMILES string of the molecule is CCCCNc1cc(C)nc(N[C@@H]2C[C@@H](O)C23CCOCC3)n1. The molecule has 0 unspecified atom stereocenters. The number of anilines is 2. The first kappa shape index (κ1) is 16.5. The number of aliphatic hydroxyl groups is 1. The van der Waals surface area contributed by atoms with Crippen LogP contribution < -0.4 is 10.6 Å². The summed E-state index contributed by atoms with van der Waals surface area (Å²) in [6, 6.07) is 2.20. The van der Waals surface area contributed by atoms with Crippen molar-refractivity contribution in [3.8, 4) is 0 Å². The van der Waals surface area contributed by atoms with Crippen molar-refractivity contribution in [2.75, 3.05) is 30.4 Å². The first-order valence-corrected chi connectivity index (χ1v) is 8.76. The molecule has 1 saturated heterocycles. The highest BCUT2D eigenvalue weighted by Gasteiger charge is 2.55. The fourth-order valence-electron chi connectivity index (χ4n) is 3.67. The lowest BCUT2D eigenvalue weighted by atomic mass is 9.58. The lowest BCUT2D eigenvalue weighted by molar-refractivity contribution is -0.133. The van der Waals surface area contributed by atoms with Crippen molar-refractivity contribution >= 4 is 11.8 Å². The quantitative estimate of drug-likeness (QED) is 0.698. The highest BCUT2D eigenvalue weighted by Crippen LogP contribution is 2.49. The van der Waals surface area contributed by atoms with Crippen molar-refractivity contribution < 1.29 is 9.84 Å². The summed E-state index contributed by atoms with van der Waals surface area (Å²) in [6.45, 7) is 6.55. The first-order chi connectivity index (χ1) is 11.1. The number of hydrogen-bond donors (Lipinski definition) is 3. The van der Waals surface area contributed by atoms with E-state index in [1.807, 2.05) is 13.0 Å². The van der Waals surface area contributed by atoms with Crippen LogP contribution in [0.4, 0.5) is 11.8 Å². The smallest absolute Gasteiger partial charge is 0.225 e. The van der Waals surface area contributed by atoms with Gasteiger partial charge in [-0.2, -0.15) is 4.98 Å². The molecule has 0 bridgehead atoms. The summed E-state index contributed by atoms with van der Waals surface area (Å²) in [7, 11) is 0. The maximum Gasteiger partial charge on any atom is 0.225 e. The normalized spacial score (nSPS) is 25.9. The van der Waals surface area contributed by atoms with Crippen molar-refractivity contribution in [2.45, 2.75) is 58.1 Å². The summed E-state index contributed by atoms with van der Waals surface area (Å²) < 4.78 is 5.46. The molecule has 128 valence electrons. The third kappa shape index (κ3) is 3.43. The number of nitrogens with zero attached hydrogens (tertiary/aromatic N) is 2. The number of hydrogen-bond acceptors (Lipinski definition) is 6. The van der Waals surface area contributed by atoms with Crippen LogP contribution in [0.2, 0.25) is 0 Å². The van der Waals surface area contributed by atoms with Crippen LogP contribution in [0.3, 0.4) is 0 Å². The second-order valence-electron chi connectivity index (χ2n) is 6.79. The van der Waals surface area contributed by atoms with Gasteiger partial charge in [-0.15, -0.1) is 0 Å². The van der Waals surface area contributed by atoms with Crippen molar-refractivity contribution in [1.82, 2.24) is 9.97 Å². The number of aryl methyl sites for hydroxylation is 1. The minimum Gasteiger partial charge on any atom is -0.392 e. The predicted molar refractivity (Wildman–Crippen MR) is 90.7 cm³/mol. The molecule has 0 radical (unpaired) electrons. The monoisotopic (exact) mass is 320 g/mol. The van der Waals surface area contributed by atoms with Crippen LogP contribution >= 0.6 is 0 Å². The Morgan fingerprint density at radius 3 is 2.83 bits per heavy atom. The molecule has 1 aliphatic heterocycles. The standard InChI is InChI=1S/C17H28N4O2/c1-3-4-7-18-15-10-12(2)19-16(21-15)20-13-11-14(22)17(13)5-8-23-9-6-17/h10,13-14,22H,3-9,11H2,1-2H3,(H2,18,19,20,21)/t13-,14-/m1/s1. The van der Waals surface area contributed by atoms with Crippen molar-refractivity contribution in [1.29, 1.82) is 0 Å². The van der Waals surface area contributed by atoms with Gasteiger partial charge in [0.1, 0.15) is 5.82 Å². The van der Waals surface area contributed by atoms with Crippen LogP contribution in [-0.4, -0.2) is 47.0 Å². The first-order valence-electron chi connectivity index (χ1n) is 8.76. The van der Waals surface area contributed by atoms with Crippen LogP contribution in [0.15, 0.2) is 6.07 Å². The van der Waals surface area contributed by atoms with E-state index < -0.39 is 0 Å². The van der Waals surface area contributed by atoms with Gasteiger partial charge in [0.25, 0.3) is 0 Å². The fourth-order valence-corrected chi connectivity index (χ4v) is 3.67. The Morgan fingerprint density at radius 1 is 1.35 bits per heavy atom. The third-order valence-electron chi connectivity index (χ3n) is 5.23. The lowest BCUT2D eigenvalue weighted by Crippen LogP contribution is -2.62. The Balaban J connectivity index is 1.67. The minimum atomic E-state index is -0.240. The zero-order valence-corrected chi connectivity index (χ0v) is 14.1. The average Bonchev–Trinajstić information content (AvgIpc) is 2.55. The van der Waals surface area contributed by atoms with E-state index in [1.165, 1.54) is 0 Å². The molecule has 23 heavy (non-hydrogen) atoms. The summed E-state index contributed by atoms with van der Waals surface area (Å²) in [4.78, 5) is 9.10. The van der Waals surface area contributed by atoms with E-state index in [4.69, 9.17) is 4.74 Å². The molecule has 1 spiro atoms. The topological polar surface area (TPSA) is 79.3 Å². The Morgan fingerprint density at radius 2 is 2.13 bits per heavy atom. The number of nitrogens with one attached hydrogen (secondary N) is 2. The maximum atomic E-state index is 10.3. The maximum absolute atomic E-state index is 10.3. The summed E-state index contributed by atoms with van der Waals surface area (Å²) in [5.41, 5.74) is 0.878. The molecule has 0 aromatic carbocycles. The molecule has 3 rings (SSSR count). The van der Waals surface area contributed by atoms with Crippen molar-refractivity contribution in [3.05, 3.63) is 11.8 Å². The van der Waals surface area contributed by atoms with Gasteiger partial charge < -0.3 is 20.5 Å². The molecule has 2 atom stereocenters. The second-order valence-corrected chi connectivity index (χ2v) is 6.79. The number of aliphatic hydroxyl groups excluding tert-OH is 1. The van der Waals surface area contributed by atoms with Gasteiger partial charge in [-0.1, -0.05) is 13.3 Å². The van der Waals surface area contributed by atoms with Crippen LogP contribution in [0.5, 0.6) is 0 Å². The van der Waals surface area contributed by atoms with E-state index in [0.29, 0.717) is 5.95 Å². The van der Waals surface area contributed by atoms with Gasteiger partial charge in [-0.05, 0) is 32.6 Å². The van der Waals surface area contributed by atoms with Crippen LogP contribution in [0, 0.1) is 12.3 Å². The number of unbranched alkanes of at least 4 members (excludes halogenated alkanes) is 1. The number of aromatic nitrogens is 2. The molecule has 3 N–H and O–H groups in total. The van der Waals surface area contributed by atoms with E-state index in [0.717, 1.165) is 63.4 Å². The van der Waals surface area contributed by atoms with Gasteiger partial charge in [0, 0.05) is 43.0 Å². The lowest BCUT2D eigenvalue weighted by Gasteiger charge is -2.55. The summed E-state index contributed by atoms with van der Waals surface area (Å²) >= 11 is 0. The molecule has 2 fully saturated rings. The highest BCUT2D eigenvalue weighted by atomic mass is 16.5. The van der Waals surface area contributed by atoms with Crippen molar-refractivity contribution in [3.63, 3.8) is 0 Å². The average molecular weight is 320 g/mol. The van der Waals surface area contributed by atoms with Crippen LogP contribution in [-0.2, 0) is 4.74 Å². The van der Waals surface area contributed by atoms with Gasteiger partial charge in [-0.3, -0.25) is 0 Å². The summed E-state index contributed by atoms with van der Waals surface area (Å²) in [5, 5.41) is 17.1. The molecule has 2 heterocycles. The largest absolute Gasteiger partial charge is 0.392 e. The molecule has 2 aliphatic rings. The second kappa shape index (κ2) is 7.01. The van der Waals surface area contributed by atoms with Gasteiger partial charge >= 0.3 is 0 Å². The molecule has 1 aromatic heterocycles. The summed E-state index contributed by atoms with van der Waals surface area (Å²) in [6.07, 6.45) is 4.61. The Kier molecular flexibility index (Phi) is 5.02. The number of ether oxygens (including phenoxy) is 1. The zero-order valence-electron chi connectivity index (χ0n) is 14.1. The van der Waals surface area contributed by atoms with E-state index >= 15 is 0 Å². The Labute approximate surface area is 138 Å². The molecule has 6 heteroatoms. The molecular weight excluding hydrogens is 292 g/mol. The molecule has 1 aliphatic carbocycles. The molecule has 0 amide bonds. The van der Waals surface area contributed by atoms with E-state index in [2.05, 4.69) is 27.5 Å². The number of rotatable bonds is 6. The Bertz CT molecular complexity index is 531. The van der Waals surface area contributed by atoms with Gasteiger partial charge in [0.2, 0.25) is 5.95 Å². The van der Waals surface area contributed by atoms with Crippen LogP contribution in [0.1, 0.15) is 44.7 Å². The van der Waals surface area contributed by atoms with E-state index in [1.54, 1.807) is 0 Å². The van der Waals surface area contributed by atoms with E-state index in [9.17, 15) is 5.11 Å². The zero-order chi connectivity index (χ0) is 16.3. The van der Waals surface area contributed by atoms with Crippen molar-refractivity contribution in [2.24, 2.45) is 5.41 Å². The Hall–Kier alpha value is -1.40. The summed E-state index contributed by atoms with van der Waals surface area (Å²) in [5.74, 6) is 1.53. The van der Waals surface area contributed by atoms with Gasteiger partial charge in [0.05, 0.1) is 6.10 Å². The highest BCUT2D eigenvalue weighted by molar-refractivity contribution is 5.43. The molecule has 1 aromatic rings. The predicted octanol–water partition coefficient (Wildman–Crippen LogP) is 2.34. The molecule has 1 saturated carbocycles. The fraction of sp³-hybridized carbons (Fsp3) is 0.765. The minimum absolute atomic E-state index is 0.0683.